The fourth-order valence-corrected chi connectivity index (χ4v) is 3.10. The van der Waals surface area contributed by atoms with Crippen molar-refractivity contribution in [2.24, 2.45) is 0 Å². The first kappa shape index (κ1) is 19.2. The van der Waals surface area contributed by atoms with Crippen LogP contribution in [0.2, 0.25) is 0 Å². The fraction of sp³-hybridized carbons (Fsp3) is 0.450. The van der Waals surface area contributed by atoms with Crippen molar-refractivity contribution in [1.82, 2.24) is 0 Å². The molecule has 0 unspecified atom stereocenters. The first-order valence-corrected chi connectivity index (χ1v) is 9.12. The molecule has 1 aromatic carbocycles. The second-order valence-electron chi connectivity index (χ2n) is 6.58. The lowest BCUT2D eigenvalue weighted by Gasteiger charge is -2.18. The lowest BCUT2D eigenvalue weighted by molar-refractivity contribution is -0.909. The Hall–Kier alpha value is -2.11. The van der Waals surface area contributed by atoms with Crippen LogP contribution in [0.25, 0.3) is 0 Å². The summed E-state index contributed by atoms with van der Waals surface area (Å²) in [6.45, 7) is 5.44. The number of nitrogens with one attached hydrogen (secondary N) is 2. The van der Waals surface area contributed by atoms with Crippen molar-refractivity contribution in [2.75, 3.05) is 32.5 Å². The van der Waals surface area contributed by atoms with Gasteiger partial charge in [0.25, 0.3) is 5.91 Å². The molecule has 0 aliphatic carbocycles. The number of para-hydroxylation sites is 1. The third kappa shape index (κ3) is 5.18. The van der Waals surface area contributed by atoms with E-state index in [-0.39, 0.29) is 11.9 Å². The van der Waals surface area contributed by atoms with E-state index in [0.717, 1.165) is 30.8 Å². The Morgan fingerprint density at radius 3 is 2.36 bits per heavy atom. The van der Waals surface area contributed by atoms with Gasteiger partial charge in [0.2, 0.25) is 0 Å². The molecule has 0 saturated heterocycles. The zero-order valence-electron chi connectivity index (χ0n) is 15.8. The summed E-state index contributed by atoms with van der Waals surface area (Å²) in [6.07, 6.45) is 3.53. The molecule has 1 atom stereocenters. The molecular formula is C20H31N3O2+2. The van der Waals surface area contributed by atoms with Gasteiger partial charge in [-0.05, 0) is 36.1 Å². The second-order valence-corrected chi connectivity index (χ2v) is 6.58. The van der Waals surface area contributed by atoms with Crippen LogP contribution in [0.3, 0.4) is 0 Å². The Balaban J connectivity index is 1.93. The van der Waals surface area contributed by atoms with E-state index in [1.54, 1.807) is 6.26 Å². The zero-order valence-corrected chi connectivity index (χ0v) is 15.8. The molecule has 0 spiro atoms. The molecule has 0 radical (unpaired) electrons. The molecule has 4 N–H and O–H groups in total. The van der Waals surface area contributed by atoms with Crippen LogP contribution < -0.4 is 15.5 Å². The van der Waals surface area contributed by atoms with E-state index >= 15 is 0 Å². The van der Waals surface area contributed by atoms with E-state index in [4.69, 9.17) is 4.42 Å². The number of carbonyl (C=O) groups excluding carboxylic acids is 1. The van der Waals surface area contributed by atoms with Crippen molar-refractivity contribution in [3.05, 3.63) is 53.5 Å². The van der Waals surface area contributed by atoms with Crippen LogP contribution in [0.4, 0.5) is 5.69 Å². The molecule has 0 aliphatic rings. The van der Waals surface area contributed by atoms with Crippen LogP contribution in [0.5, 0.6) is 0 Å². The Bertz CT molecular complexity index is 643. The lowest BCUT2D eigenvalue weighted by atomic mass is 10.0. The van der Waals surface area contributed by atoms with Crippen molar-refractivity contribution < 1.29 is 19.4 Å². The summed E-state index contributed by atoms with van der Waals surface area (Å²) in [5.41, 5.74) is 3.38. The second kappa shape index (κ2) is 9.39. The Morgan fingerprint density at radius 2 is 1.84 bits per heavy atom. The van der Waals surface area contributed by atoms with Gasteiger partial charge in [-0.3, -0.25) is 4.79 Å². The monoisotopic (exact) mass is 345 g/mol. The third-order valence-electron chi connectivity index (χ3n) is 4.58. The van der Waals surface area contributed by atoms with Crippen LogP contribution in [0, 0.1) is 0 Å². The predicted molar refractivity (Wildman–Crippen MR) is 99.7 cm³/mol. The number of amides is 1. The van der Waals surface area contributed by atoms with Crippen molar-refractivity contribution in [3.63, 3.8) is 0 Å². The predicted octanol–water partition coefficient (Wildman–Crippen LogP) is 0.792. The zero-order chi connectivity index (χ0) is 18.2. The van der Waals surface area contributed by atoms with Gasteiger partial charge in [0.15, 0.2) is 18.3 Å². The Morgan fingerprint density at radius 1 is 1.16 bits per heavy atom. The fourth-order valence-electron chi connectivity index (χ4n) is 3.10. The number of nitrogens with two attached hydrogens (primary N) is 1. The van der Waals surface area contributed by atoms with Crippen LogP contribution in [0.1, 0.15) is 36.8 Å². The molecular weight excluding hydrogens is 314 g/mol. The number of furan rings is 1. The summed E-state index contributed by atoms with van der Waals surface area (Å²) in [7, 11) is 4.21. The smallest absolute Gasteiger partial charge is 0.279 e. The average molecular weight is 345 g/mol. The maximum atomic E-state index is 12.4. The molecule has 0 bridgehead atoms. The number of quaternary nitrogens is 2. The maximum absolute atomic E-state index is 12.4. The first-order chi connectivity index (χ1) is 12.1. The van der Waals surface area contributed by atoms with Crippen LogP contribution in [-0.2, 0) is 17.6 Å². The highest BCUT2D eigenvalue weighted by molar-refractivity contribution is 5.93. The van der Waals surface area contributed by atoms with E-state index < -0.39 is 0 Å². The van der Waals surface area contributed by atoms with Gasteiger partial charge in [0.1, 0.15) is 6.54 Å². The van der Waals surface area contributed by atoms with Crippen molar-refractivity contribution in [1.29, 1.82) is 0 Å². The Kier molecular flexibility index (Phi) is 7.22. The van der Waals surface area contributed by atoms with Crippen molar-refractivity contribution in [3.8, 4) is 0 Å². The number of hydrogen-bond acceptors (Lipinski definition) is 2. The molecule has 5 nitrogen and oxygen atoms in total. The van der Waals surface area contributed by atoms with E-state index in [0.29, 0.717) is 6.54 Å². The van der Waals surface area contributed by atoms with Crippen LogP contribution >= 0.6 is 0 Å². The largest absolute Gasteiger partial charge is 0.463 e. The van der Waals surface area contributed by atoms with Gasteiger partial charge in [-0.15, -0.1) is 0 Å². The SMILES string of the molecule is CCc1cccc(CC)c1NC(=O)C[NH2+]C[C@@H](c1ccco1)[NH+](C)C. The molecule has 0 aliphatic heterocycles. The van der Waals surface area contributed by atoms with Crippen LogP contribution in [0.15, 0.2) is 41.0 Å². The van der Waals surface area contributed by atoms with Gasteiger partial charge >= 0.3 is 0 Å². The average Bonchev–Trinajstić information content (AvgIpc) is 3.12. The van der Waals surface area contributed by atoms with Crippen LogP contribution in [-0.4, -0.2) is 33.1 Å². The molecule has 0 fully saturated rings. The molecule has 0 saturated carbocycles. The van der Waals surface area contributed by atoms with Gasteiger partial charge in [0, 0.05) is 5.69 Å². The highest BCUT2D eigenvalue weighted by atomic mass is 16.3. The van der Waals surface area contributed by atoms with Crippen molar-refractivity contribution in [2.45, 2.75) is 32.7 Å². The topological polar surface area (TPSA) is 63.3 Å². The van der Waals surface area contributed by atoms with E-state index in [1.165, 1.54) is 16.0 Å². The number of carbonyl (C=O) groups is 1. The van der Waals surface area contributed by atoms with E-state index in [2.05, 4.69) is 56.8 Å². The molecule has 2 aromatic rings. The number of anilines is 1. The minimum atomic E-state index is 0.0440. The normalized spacial score (nSPS) is 12.4. The highest BCUT2D eigenvalue weighted by Crippen LogP contribution is 2.22. The van der Waals surface area contributed by atoms with Gasteiger partial charge in [-0.1, -0.05) is 32.0 Å². The summed E-state index contributed by atoms with van der Waals surface area (Å²) >= 11 is 0. The Labute approximate surface area is 150 Å². The molecule has 1 amide bonds. The molecule has 5 heteroatoms. The number of hydrogen-bond donors (Lipinski definition) is 3. The van der Waals surface area contributed by atoms with Gasteiger partial charge in [-0.2, -0.15) is 0 Å². The number of likely N-dealkylation sites (N-methyl/N-ethyl adjacent to an activating group) is 1. The summed E-state index contributed by atoms with van der Waals surface area (Å²) in [5.74, 6) is 1.00. The standard InChI is InChI=1S/C20H29N3O2/c1-5-15-9-7-10-16(6-2)20(15)22-19(24)14-21-13-17(23(3)4)18-11-8-12-25-18/h7-12,17,21H,5-6,13-14H2,1-4H3,(H,22,24)/p+2/t17-/m0/s1. The molecule has 1 aromatic heterocycles. The van der Waals surface area contributed by atoms with Crippen molar-refractivity contribution >= 4 is 11.6 Å². The minimum Gasteiger partial charge on any atom is -0.463 e. The minimum absolute atomic E-state index is 0.0440. The quantitative estimate of drug-likeness (QED) is 0.629. The van der Waals surface area contributed by atoms with E-state index in [1.807, 2.05) is 12.1 Å². The van der Waals surface area contributed by atoms with Gasteiger partial charge in [-0.25, -0.2) is 0 Å². The first-order valence-electron chi connectivity index (χ1n) is 9.12. The van der Waals surface area contributed by atoms with Gasteiger partial charge < -0.3 is 20.0 Å². The van der Waals surface area contributed by atoms with Gasteiger partial charge in [0.05, 0.1) is 20.4 Å². The molecule has 136 valence electrons. The third-order valence-corrected chi connectivity index (χ3v) is 4.58. The summed E-state index contributed by atoms with van der Waals surface area (Å²) in [6, 6.07) is 10.4. The molecule has 1 heterocycles. The molecule has 2 rings (SSSR count). The van der Waals surface area contributed by atoms with E-state index in [9.17, 15) is 4.79 Å². The summed E-state index contributed by atoms with van der Waals surface area (Å²) in [5, 5.41) is 5.17. The number of benzene rings is 1. The summed E-state index contributed by atoms with van der Waals surface area (Å²) < 4.78 is 5.53. The maximum Gasteiger partial charge on any atom is 0.279 e. The number of rotatable bonds is 9. The number of aryl methyl sites for hydroxylation is 2. The summed E-state index contributed by atoms with van der Waals surface area (Å²) in [4.78, 5) is 13.7. The lowest BCUT2D eigenvalue weighted by Crippen LogP contribution is -3.09. The molecule has 25 heavy (non-hydrogen) atoms. The highest BCUT2D eigenvalue weighted by Gasteiger charge is 2.23.